The van der Waals surface area contributed by atoms with Crippen molar-refractivity contribution in [2.75, 3.05) is 9.80 Å². The summed E-state index contributed by atoms with van der Waals surface area (Å²) in [6.45, 7) is 6.40. The summed E-state index contributed by atoms with van der Waals surface area (Å²) in [6, 6.07) is 15.2. The molecule has 0 aliphatic rings. The average Bonchev–Trinajstić information content (AvgIpc) is 2.82. The maximum atomic E-state index is 13.6. The Morgan fingerprint density at radius 2 is 1.59 bits per heavy atom. The van der Waals surface area contributed by atoms with Crippen LogP contribution in [-0.2, 0) is 16.1 Å². The highest BCUT2D eigenvalue weighted by molar-refractivity contribution is 5.98. The van der Waals surface area contributed by atoms with Gasteiger partial charge in [-0.2, -0.15) is 13.2 Å². The number of hydrogen-bond acceptors (Lipinski definition) is 4. The van der Waals surface area contributed by atoms with E-state index in [-0.39, 0.29) is 18.1 Å². The van der Waals surface area contributed by atoms with Gasteiger partial charge in [0.15, 0.2) is 0 Å². The molecule has 0 bridgehead atoms. The highest BCUT2D eigenvalue weighted by Crippen LogP contribution is 2.33. The minimum absolute atomic E-state index is 0.0693. The summed E-state index contributed by atoms with van der Waals surface area (Å²) in [5.41, 5.74) is 0.284. The first-order valence-corrected chi connectivity index (χ1v) is 11.4. The molecular formula is C27H27F4N3O3. The molecule has 0 saturated heterocycles. The molecule has 37 heavy (non-hydrogen) atoms. The summed E-state index contributed by atoms with van der Waals surface area (Å²) < 4.78 is 59.8. The number of carbonyl (C=O) groups excluding carboxylic acids is 2. The fourth-order valence-electron chi connectivity index (χ4n) is 3.55. The van der Waals surface area contributed by atoms with Gasteiger partial charge in [0.1, 0.15) is 17.2 Å². The third kappa shape index (κ3) is 7.28. The second kappa shape index (κ2) is 11.0. The molecule has 2 amide bonds. The molecule has 1 aromatic heterocycles. The van der Waals surface area contributed by atoms with Crippen molar-refractivity contribution >= 4 is 23.5 Å². The molecule has 0 radical (unpaired) electrons. The van der Waals surface area contributed by atoms with Crippen LogP contribution < -0.4 is 9.80 Å². The molecule has 0 fully saturated rings. The Morgan fingerprint density at radius 1 is 0.973 bits per heavy atom. The summed E-state index contributed by atoms with van der Waals surface area (Å²) in [4.78, 5) is 31.4. The molecule has 196 valence electrons. The van der Waals surface area contributed by atoms with Gasteiger partial charge in [-0.15, -0.1) is 0 Å². The third-order valence-electron chi connectivity index (χ3n) is 5.29. The maximum absolute atomic E-state index is 13.6. The van der Waals surface area contributed by atoms with E-state index in [1.165, 1.54) is 54.4 Å². The number of ether oxygens (including phenoxy) is 1. The number of alkyl halides is 3. The molecule has 0 saturated carbocycles. The van der Waals surface area contributed by atoms with Gasteiger partial charge in [0.2, 0.25) is 0 Å². The van der Waals surface area contributed by atoms with Crippen molar-refractivity contribution in [2.45, 2.75) is 52.1 Å². The van der Waals surface area contributed by atoms with E-state index in [0.717, 1.165) is 0 Å². The van der Waals surface area contributed by atoms with Crippen LogP contribution in [0.1, 0.15) is 44.9 Å². The molecule has 0 unspecified atom stereocenters. The fraction of sp³-hybridized carbons (Fsp3) is 0.296. The van der Waals surface area contributed by atoms with E-state index in [4.69, 9.17) is 4.74 Å². The van der Waals surface area contributed by atoms with Gasteiger partial charge in [-0.1, -0.05) is 42.5 Å². The second-order valence-corrected chi connectivity index (χ2v) is 9.32. The Hall–Kier alpha value is -3.95. The SMILES string of the molecule is C[C@@H](c1ccccc1)N(C(=O)C(F)(F)F)c1cc(N(Cc2ccc(F)cc2)C(=O)OC(C)(C)C)ccn1. The lowest BCUT2D eigenvalue weighted by Crippen LogP contribution is -2.43. The van der Waals surface area contributed by atoms with E-state index < -0.39 is 35.6 Å². The monoisotopic (exact) mass is 517 g/mol. The van der Waals surface area contributed by atoms with Crippen molar-refractivity contribution in [3.05, 3.63) is 89.9 Å². The van der Waals surface area contributed by atoms with Crippen molar-refractivity contribution in [3.63, 3.8) is 0 Å². The van der Waals surface area contributed by atoms with Crippen molar-refractivity contribution < 1.29 is 31.9 Å². The average molecular weight is 518 g/mol. The fourth-order valence-corrected chi connectivity index (χ4v) is 3.55. The number of benzene rings is 2. The number of carbonyl (C=O) groups is 2. The van der Waals surface area contributed by atoms with Gasteiger partial charge in [-0.05, 0) is 57.0 Å². The smallest absolute Gasteiger partial charge is 0.443 e. The van der Waals surface area contributed by atoms with Gasteiger partial charge < -0.3 is 4.74 Å². The lowest BCUT2D eigenvalue weighted by atomic mass is 10.1. The summed E-state index contributed by atoms with van der Waals surface area (Å²) in [7, 11) is 0. The Labute approximate surface area is 212 Å². The first kappa shape index (κ1) is 27.6. The Kier molecular flexibility index (Phi) is 8.20. The van der Waals surface area contributed by atoms with Crippen molar-refractivity contribution in [3.8, 4) is 0 Å². The van der Waals surface area contributed by atoms with Crippen molar-refractivity contribution in [2.24, 2.45) is 0 Å². The van der Waals surface area contributed by atoms with E-state index in [9.17, 15) is 27.2 Å². The summed E-state index contributed by atoms with van der Waals surface area (Å²) in [6.07, 6.45) is -4.74. The maximum Gasteiger partial charge on any atom is 0.471 e. The first-order valence-electron chi connectivity index (χ1n) is 11.4. The normalized spacial score (nSPS) is 12.5. The zero-order valence-electron chi connectivity index (χ0n) is 20.8. The molecule has 0 N–H and O–H groups in total. The van der Waals surface area contributed by atoms with E-state index >= 15 is 0 Å². The highest BCUT2D eigenvalue weighted by Gasteiger charge is 2.45. The molecule has 0 spiro atoms. The lowest BCUT2D eigenvalue weighted by Gasteiger charge is -2.31. The number of amides is 2. The van der Waals surface area contributed by atoms with Crippen molar-refractivity contribution in [1.82, 2.24) is 4.98 Å². The number of hydrogen-bond donors (Lipinski definition) is 0. The summed E-state index contributed by atoms with van der Waals surface area (Å²) in [5, 5.41) is 0. The molecule has 1 heterocycles. The minimum Gasteiger partial charge on any atom is -0.443 e. The highest BCUT2D eigenvalue weighted by atomic mass is 19.4. The predicted octanol–water partition coefficient (Wildman–Crippen LogP) is 6.82. The zero-order chi connectivity index (χ0) is 27.4. The van der Waals surface area contributed by atoms with Crippen LogP contribution in [-0.4, -0.2) is 28.8 Å². The Bertz CT molecular complexity index is 1230. The molecule has 2 aromatic carbocycles. The van der Waals surface area contributed by atoms with Crippen LogP contribution in [0, 0.1) is 5.82 Å². The number of pyridine rings is 1. The summed E-state index contributed by atoms with van der Waals surface area (Å²) in [5.74, 6) is -2.87. The van der Waals surface area contributed by atoms with E-state index in [0.29, 0.717) is 16.0 Å². The van der Waals surface area contributed by atoms with Gasteiger partial charge in [-0.3, -0.25) is 14.6 Å². The second-order valence-electron chi connectivity index (χ2n) is 9.32. The Morgan fingerprint density at radius 3 is 2.16 bits per heavy atom. The van der Waals surface area contributed by atoms with Gasteiger partial charge in [-0.25, -0.2) is 14.2 Å². The molecule has 1 atom stereocenters. The van der Waals surface area contributed by atoms with Crippen LogP contribution in [0.4, 0.5) is 33.9 Å². The topological polar surface area (TPSA) is 62.7 Å². The van der Waals surface area contributed by atoms with Crippen LogP contribution in [0.15, 0.2) is 72.9 Å². The predicted molar refractivity (Wildman–Crippen MR) is 131 cm³/mol. The van der Waals surface area contributed by atoms with Gasteiger partial charge >= 0.3 is 18.2 Å². The lowest BCUT2D eigenvalue weighted by molar-refractivity contribution is -0.171. The number of nitrogens with zero attached hydrogens (tertiary/aromatic N) is 3. The van der Waals surface area contributed by atoms with Crippen LogP contribution >= 0.6 is 0 Å². The molecule has 3 aromatic rings. The molecule has 10 heteroatoms. The molecule has 0 aliphatic carbocycles. The Balaban J connectivity index is 2.08. The summed E-state index contributed by atoms with van der Waals surface area (Å²) >= 11 is 0. The van der Waals surface area contributed by atoms with E-state index in [1.54, 1.807) is 51.1 Å². The van der Waals surface area contributed by atoms with E-state index in [1.807, 2.05) is 0 Å². The number of rotatable bonds is 6. The molecule has 0 aliphatic heterocycles. The number of aromatic nitrogens is 1. The quantitative estimate of drug-likeness (QED) is 0.337. The van der Waals surface area contributed by atoms with Gasteiger partial charge in [0.25, 0.3) is 0 Å². The first-order chi connectivity index (χ1) is 17.3. The largest absolute Gasteiger partial charge is 0.471 e. The zero-order valence-corrected chi connectivity index (χ0v) is 20.8. The number of anilines is 2. The van der Waals surface area contributed by atoms with Crippen LogP contribution in [0.2, 0.25) is 0 Å². The van der Waals surface area contributed by atoms with E-state index in [2.05, 4.69) is 4.98 Å². The van der Waals surface area contributed by atoms with Crippen LogP contribution in [0.5, 0.6) is 0 Å². The van der Waals surface area contributed by atoms with Crippen LogP contribution in [0.25, 0.3) is 0 Å². The van der Waals surface area contributed by atoms with Crippen molar-refractivity contribution in [1.29, 1.82) is 0 Å². The minimum atomic E-state index is -5.17. The van der Waals surface area contributed by atoms with Gasteiger partial charge in [0.05, 0.1) is 18.3 Å². The number of halogens is 4. The third-order valence-corrected chi connectivity index (χ3v) is 5.29. The molecule has 3 rings (SSSR count). The van der Waals surface area contributed by atoms with Gasteiger partial charge in [0, 0.05) is 12.3 Å². The molecule has 6 nitrogen and oxygen atoms in total. The van der Waals surface area contributed by atoms with Crippen LogP contribution in [0.3, 0.4) is 0 Å². The standard InChI is InChI=1S/C27H27F4N3O3/c1-18(20-8-6-5-7-9-20)34(24(35)27(29,30)31)23-16-22(14-15-32-23)33(25(36)37-26(2,3)4)17-19-10-12-21(28)13-11-19/h5-16,18H,17H2,1-4H3/t18-/m0/s1. The molecular weight excluding hydrogens is 490 g/mol.